The lowest BCUT2D eigenvalue weighted by Crippen LogP contribution is -2.24. The molecule has 0 saturated carbocycles. The van der Waals surface area contributed by atoms with Crippen LogP contribution in [-0.2, 0) is 6.54 Å². The Kier molecular flexibility index (Phi) is 3.70. The molecule has 3 N–H and O–H groups in total. The molecule has 4 rings (SSSR count). The molecule has 3 aromatic rings. The fraction of sp³-hybridized carbons (Fsp3) is 0.118. The summed E-state index contributed by atoms with van der Waals surface area (Å²) in [6, 6.07) is 14.8. The lowest BCUT2D eigenvalue weighted by Gasteiger charge is -2.06. The Morgan fingerprint density at radius 3 is 2.80 bits per heavy atom. The Morgan fingerprint density at radius 2 is 1.96 bits per heavy atom. The van der Waals surface area contributed by atoms with E-state index in [1.54, 1.807) is 0 Å². The molecule has 1 aliphatic rings. The van der Waals surface area contributed by atoms with E-state index < -0.39 is 5.91 Å². The molecule has 1 aliphatic heterocycles. The number of nitrogens with zero attached hydrogens (tertiary/aromatic N) is 3. The van der Waals surface area contributed by atoms with Crippen LogP contribution in [0.25, 0.3) is 5.69 Å². The van der Waals surface area contributed by atoms with Crippen LogP contribution < -0.4 is 20.5 Å². The Labute approximate surface area is 143 Å². The Morgan fingerprint density at radius 1 is 1.16 bits per heavy atom. The summed E-state index contributed by atoms with van der Waals surface area (Å²) in [5.41, 5.74) is 7.73. The minimum absolute atomic E-state index is 0.0876. The zero-order valence-electron chi connectivity index (χ0n) is 13.2. The summed E-state index contributed by atoms with van der Waals surface area (Å²) in [6.45, 7) is 0.525. The van der Waals surface area contributed by atoms with E-state index in [0.717, 1.165) is 11.3 Å². The van der Waals surface area contributed by atoms with Gasteiger partial charge in [0, 0.05) is 6.54 Å². The minimum Gasteiger partial charge on any atom is -0.454 e. The van der Waals surface area contributed by atoms with Gasteiger partial charge in [-0.3, -0.25) is 4.79 Å². The number of amides is 1. The first-order chi connectivity index (χ1) is 12.2. The van der Waals surface area contributed by atoms with Gasteiger partial charge in [-0.15, -0.1) is 5.10 Å². The number of nitrogens with one attached hydrogen (secondary N) is 1. The highest BCUT2D eigenvalue weighted by Crippen LogP contribution is 2.32. The molecule has 8 nitrogen and oxygen atoms in total. The molecule has 126 valence electrons. The van der Waals surface area contributed by atoms with Crippen molar-refractivity contribution in [1.29, 1.82) is 0 Å². The normalized spacial score (nSPS) is 12.2. The number of rotatable bonds is 4. The van der Waals surface area contributed by atoms with Crippen LogP contribution in [0, 0.1) is 0 Å². The number of nitrogen functional groups attached to an aromatic ring is 1. The van der Waals surface area contributed by atoms with Gasteiger partial charge in [0.15, 0.2) is 23.0 Å². The van der Waals surface area contributed by atoms with E-state index >= 15 is 0 Å². The number of aromatic nitrogens is 3. The molecule has 1 amide bonds. The molecule has 0 atom stereocenters. The van der Waals surface area contributed by atoms with Crippen molar-refractivity contribution < 1.29 is 14.3 Å². The van der Waals surface area contributed by atoms with Gasteiger partial charge in [-0.1, -0.05) is 29.5 Å². The van der Waals surface area contributed by atoms with Gasteiger partial charge in [0.1, 0.15) is 0 Å². The molecule has 0 radical (unpaired) electrons. The van der Waals surface area contributed by atoms with Gasteiger partial charge in [0.25, 0.3) is 5.91 Å². The minimum atomic E-state index is -0.391. The second-order valence-electron chi connectivity index (χ2n) is 5.44. The van der Waals surface area contributed by atoms with Crippen LogP contribution in [0.1, 0.15) is 16.1 Å². The van der Waals surface area contributed by atoms with Crippen LogP contribution in [-0.4, -0.2) is 27.7 Å². The molecule has 0 fully saturated rings. The third kappa shape index (κ3) is 2.85. The maximum atomic E-state index is 12.4. The van der Waals surface area contributed by atoms with Crippen molar-refractivity contribution in [3.63, 3.8) is 0 Å². The van der Waals surface area contributed by atoms with E-state index in [2.05, 4.69) is 15.6 Å². The quantitative estimate of drug-likeness (QED) is 0.748. The molecule has 0 unspecified atom stereocenters. The van der Waals surface area contributed by atoms with E-state index in [9.17, 15) is 4.79 Å². The lowest BCUT2D eigenvalue weighted by atomic mass is 10.2. The summed E-state index contributed by atoms with van der Waals surface area (Å²) in [7, 11) is 0. The number of carbonyl (C=O) groups is 1. The Hall–Kier alpha value is -3.55. The van der Waals surface area contributed by atoms with Crippen molar-refractivity contribution in [2.75, 3.05) is 12.5 Å². The molecule has 0 aliphatic carbocycles. The van der Waals surface area contributed by atoms with E-state index in [1.165, 1.54) is 4.68 Å². The molecular weight excluding hydrogens is 322 g/mol. The summed E-state index contributed by atoms with van der Waals surface area (Å²) in [4.78, 5) is 12.4. The average molecular weight is 337 g/mol. The highest BCUT2D eigenvalue weighted by molar-refractivity contribution is 5.96. The smallest absolute Gasteiger partial charge is 0.275 e. The molecule has 8 heteroatoms. The largest absolute Gasteiger partial charge is 0.454 e. The summed E-state index contributed by atoms with van der Waals surface area (Å²) >= 11 is 0. The third-order valence-electron chi connectivity index (χ3n) is 3.81. The highest BCUT2D eigenvalue weighted by Gasteiger charge is 2.19. The van der Waals surface area contributed by atoms with Crippen LogP contribution >= 0.6 is 0 Å². The fourth-order valence-corrected chi connectivity index (χ4v) is 2.53. The number of hydrogen-bond donors (Lipinski definition) is 2. The molecule has 0 saturated heterocycles. The lowest BCUT2D eigenvalue weighted by molar-refractivity contribution is 0.0946. The SMILES string of the molecule is Nc1c(C(=O)NCc2ccc3c(c2)OCO3)nnn1-c1ccccc1. The first kappa shape index (κ1) is 15.0. The standard InChI is InChI=1S/C17H15N5O3/c18-16-15(20-21-22(16)12-4-2-1-3-5-12)17(23)19-9-11-6-7-13-14(8-11)25-10-24-13/h1-8H,9-10,18H2,(H,19,23). The number of ether oxygens (including phenoxy) is 2. The Bertz CT molecular complexity index is 923. The van der Waals surface area contributed by atoms with Gasteiger partial charge in [-0.25, -0.2) is 0 Å². The second kappa shape index (κ2) is 6.16. The third-order valence-corrected chi connectivity index (χ3v) is 3.81. The molecular formula is C17H15N5O3. The van der Waals surface area contributed by atoms with Crippen LogP contribution in [0.15, 0.2) is 48.5 Å². The van der Waals surface area contributed by atoms with Gasteiger partial charge < -0.3 is 20.5 Å². The number of benzene rings is 2. The molecule has 25 heavy (non-hydrogen) atoms. The number of fused-ring (bicyclic) bond motifs is 1. The van der Waals surface area contributed by atoms with Gasteiger partial charge in [0.2, 0.25) is 6.79 Å². The number of anilines is 1. The maximum absolute atomic E-state index is 12.4. The van der Waals surface area contributed by atoms with Gasteiger partial charge in [-0.05, 0) is 29.8 Å². The van der Waals surface area contributed by atoms with Crippen LogP contribution in [0.4, 0.5) is 5.82 Å². The summed E-state index contributed by atoms with van der Waals surface area (Å²) in [6.07, 6.45) is 0. The van der Waals surface area contributed by atoms with Crippen LogP contribution in [0.2, 0.25) is 0 Å². The van der Waals surface area contributed by atoms with E-state index in [1.807, 2.05) is 48.5 Å². The van der Waals surface area contributed by atoms with Crippen molar-refractivity contribution in [2.45, 2.75) is 6.54 Å². The predicted octanol–water partition coefficient (Wildman–Crippen LogP) is 1.51. The van der Waals surface area contributed by atoms with Crippen molar-refractivity contribution in [3.05, 3.63) is 59.8 Å². The van der Waals surface area contributed by atoms with Gasteiger partial charge >= 0.3 is 0 Å². The first-order valence-electron chi connectivity index (χ1n) is 7.66. The zero-order valence-corrected chi connectivity index (χ0v) is 13.2. The van der Waals surface area contributed by atoms with Gasteiger partial charge in [-0.2, -0.15) is 4.68 Å². The first-order valence-corrected chi connectivity index (χ1v) is 7.66. The Balaban J connectivity index is 1.48. The van der Waals surface area contributed by atoms with E-state index in [4.69, 9.17) is 15.2 Å². The van der Waals surface area contributed by atoms with Crippen LogP contribution in [0.5, 0.6) is 11.5 Å². The monoisotopic (exact) mass is 337 g/mol. The van der Waals surface area contributed by atoms with E-state index in [-0.39, 0.29) is 18.3 Å². The zero-order chi connectivity index (χ0) is 17.2. The van der Waals surface area contributed by atoms with E-state index in [0.29, 0.717) is 18.0 Å². The van der Waals surface area contributed by atoms with Crippen molar-refractivity contribution in [1.82, 2.24) is 20.3 Å². The van der Waals surface area contributed by atoms with Crippen molar-refractivity contribution >= 4 is 11.7 Å². The summed E-state index contributed by atoms with van der Waals surface area (Å²) in [5, 5.41) is 10.6. The maximum Gasteiger partial charge on any atom is 0.275 e. The molecule has 0 spiro atoms. The summed E-state index contributed by atoms with van der Waals surface area (Å²) < 4.78 is 12.0. The average Bonchev–Trinajstić information content (AvgIpc) is 3.26. The van der Waals surface area contributed by atoms with Crippen molar-refractivity contribution in [2.24, 2.45) is 0 Å². The molecule has 2 heterocycles. The topological polar surface area (TPSA) is 104 Å². The fourth-order valence-electron chi connectivity index (χ4n) is 2.53. The highest BCUT2D eigenvalue weighted by atomic mass is 16.7. The van der Waals surface area contributed by atoms with Gasteiger partial charge in [0.05, 0.1) is 5.69 Å². The number of hydrogen-bond acceptors (Lipinski definition) is 6. The number of carbonyl (C=O) groups excluding carboxylic acids is 1. The number of para-hydroxylation sites is 1. The molecule has 1 aromatic heterocycles. The summed E-state index contributed by atoms with van der Waals surface area (Å²) in [5.74, 6) is 1.16. The molecule has 0 bridgehead atoms. The molecule has 2 aromatic carbocycles. The second-order valence-corrected chi connectivity index (χ2v) is 5.44. The van der Waals surface area contributed by atoms with Crippen LogP contribution in [0.3, 0.4) is 0 Å². The number of nitrogens with two attached hydrogens (primary N) is 1. The predicted molar refractivity (Wildman–Crippen MR) is 89.5 cm³/mol. The van der Waals surface area contributed by atoms with Crippen molar-refractivity contribution in [3.8, 4) is 17.2 Å².